The van der Waals surface area contributed by atoms with Crippen molar-refractivity contribution in [3.63, 3.8) is 0 Å². The highest BCUT2D eigenvalue weighted by molar-refractivity contribution is 6.09. The van der Waals surface area contributed by atoms with E-state index in [1.54, 1.807) is 30.3 Å². The number of hydrogen-bond acceptors (Lipinski definition) is 4. The lowest BCUT2D eigenvalue weighted by Crippen LogP contribution is -2.36. The third kappa shape index (κ3) is 2.67. The van der Waals surface area contributed by atoms with Crippen LogP contribution >= 0.6 is 0 Å². The van der Waals surface area contributed by atoms with Gasteiger partial charge in [0.15, 0.2) is 11.4 Å². The molecule has 1 amide bonds. The van der Waals surface area contributed by atoms with Gasteiger partial charge in [-0.3, -0.25) is 9.59 Å². The lowest BCUT2D eigenvalue weighted by atomic mass is 9.88. The van der Waals surface area contributed by atoms with Crippen LogP contribution in [0.5, 0.6) is 5.75 Å². The quantitative estimate of drug-likeness (QED) is 0.829. The highest BCUT2D eigenvalue weighted by Crippen LogP contribution is 2.40. The second-order valence-corrected chi connectivity index (χ2v) is 5.88. The molecule has 0 aliphatic carbocycles. The third-order valence-corrected chi connectivity index (χ3v) is 4.40. The molecule has 0 bridgehead atoms. The van der Waals surface area contributed by atoms with Crippen molar-refractivity contribution in [1.29, 1.82) is 0 Å². The maximum absolute atomic E-state index is 12.5. The number of methoxy groups -OCH3 is 1. The number of anilines is 1. The average molecular weight is 325 g/mol. The Kier molecular flexibility index (Phi) is 4.11. The minimum Gasteiger partial charge on any atom is -0.497 e. The molecule has 2 aromatic rings. The monoisotopic (exact) mass is 325 g/mol. The first-order valence-electron chi connectivity index (χ1n) is 7.82. The first-order chi connectivity index (χ1) is 11.5. The second kappa shape index (κ2) is 6.09. The van der Waals surface area contributed by atoms with Gasteiger partial charge in [0.05, 0.1) is 13.5 Å². The van der Waals surface area contributed by atoms with Crippen molar-refractivity contribution in [1.82, 2.24) is 0 Å². The molecule has 3 rings (SSSR count). The summed E-state index contributed by atoms with van der Waals surface area (Å²) in [5.41, 5.74) is 0.580. The minimum atomic E-state index is -1.88. The smallest absolute Gasteiger partial charge is 0.261 e. The fourth-order valence-electron chi connectivity index (χ4n) is 2.89. The highest BCUT2D eigenvalue weighted by Gasteiger charge is 2.47. The van der Waals surface area contributed by atoms with Gasteiger partial charge < -0.3 is 15.2 Å². The summed E-state index contributed by atoms with van der Waals surface area (Å²) >= 11 is 0. The van der Waals surface area contributed by atoms with E-state index in [0.717, 1.165) is 12.0 Å². The van der Waals surface area contributed by atoms with Crippen LogP contribution in [0.25, 0.3) is 0 Å². The van der Waals surface area contributed by atoms with Crippen LogP contribution in [0.2, 0.25) is 0 Å². The van der Waals surface area contributed by atoms with E-state index in [1.165, 1.54) is 7.11 Å². The molecule has 1 heterocycles. The molecule has 1 aliphatic heterocycles. The van der Waals surface area contributed by atoms with Gasteiger partial charge in [-0.1, -0.05) is 31.2 Å². The number of aryl methyl sites for hydroxylation is 1. The van der Waals surface area contributed by atoms with Gasteiger partial charge in [0.25, 0.3) is 5.91 Å². The predicted molar refractivity (Wildman–Crippen MR) is 90.3 cm³/mol. The van der Waals surface area contributed by atoms with Gasteiger partial charge in [0.1, 0.15) is 5.75 Å². The van der Waals surface area contributed by atoms with Crippen LogP contribution < -0.4 is 10.1 Å². The van der Waals surface area contributed by atoms with Crippen molar-refractivity contribution in [2.24, 2.45) is 0 Å². The number of rotatable bonds is 5. The van der Waals surface area contributed by atoms with Crippen LogP contribution in [0.1, 0.15) is 34.8 Å². The molecule has 0 spiro atoms. The molecule has 24 heavy (non-hydrogen) atoms. The molecular formula is C19H19NO4. The summed E-state index contributed by atoms with van der Waals surface area (Å²) in [5.74, 6) is -0.362. The topological polar surface area (TPSA) is 75.6 Å². The number of hydrogen-bond donors (Lipinski definition) is 2. The number of Topliss-reactive ketones (excluding diaryl/α,β-unsaturated/α-hetero) is 1. The van der Waals surface area contributed by atoms with E-state index in [-0.39, 0.29) is 12.2 Å². The maximum atomic E-state index is 12.5. The molecule has 5 nitrogen and oxygen atoms in total. The van der Waals surface area contributed by atoms with Crippen molar-refractivity contribution in [2.45, 2.75) is 25.4 Å². The molecule has 1 unspecified atom stereocenters. The molecule has 2 N–H and O–H groups in total. The van der Waals surface area contributed by atoms with Gasteiger partial charge in [0.2, 0.25) is 0 Å². The molecule has 5 heteroatoms. The Morgan fingerprint density at radius 3 is 2.54 bits per heavy atom. The normalized spacial score (nSPS) is 18.9. The molecule has 1 atom stereocenters. The third-order valence-electron chi connectivity index (χ3n) is 4.40. The first-order valence-corrected chi connectivity index (χ1v) is 7.82. The fraction of sp³-hybridized carbons (Fsp3) is 0.263. The zero-order valence-electron chi connectivity index (χ0n) is 13.6. The number of benzene rings is 2. The molecule has 2 aromatic carbocycles. The van der Waals surface area contributed by atoms with Crippen LogP contribution in [0.4, 0.5) is 5.69 Å². The summed E-state index contributed by atoms with van der Waals surface area (Å²) in [5, 5.41) is 13.5. The summed E-state index contributed by atoms with van der Waals surface area (Å²) in [6, 6.07) is 12.1. The van der Waals surface area contributed by atoms with E-state index in [2.05, 4.69) is 5.32 Å². The highest BCUT2D eigenvalue weighted by atomic mass is 16.5. The zero-order chi connectivity index (χ0) is 17.3. The van der Waals surface area contributed by atoms with Crippen LogP contribution in [-0.2, 0) is 16.8 Å². The van der Waals surface area contributed by atoms with Crippen LogP contribution in [0.15, 0.2) is 42.5 Å². The molecule has 0 radical (unpaired) electrons. The lowest BCUT2D eigenvalue weighted by molar-refractivity contribution is -0.133. The molecule has 0 aromatic heterocycles. The van der Waals surface area contributed by atoms with Gasteiger partial charge in [-0.15, -0.1) is 0 Å². The van der Waals surface area contributed by atoms with Gasteiger partial charge in [-0.25, -0.2) is 0 Å². The van der Waals surface area contributed by atoms with E-state index in [0.29, 0.717) is 22.6 Å². The number of nitrogens with one attached hydrogen (secondary N) is 1. The van der Waals surface area contributed by atoms with Gasteiger partial charge in [-0.05, 0) is 30.2 Å². The van der Waals surface area contributed by atoms with E-state index < -0.39 is 11.5 Å². The Labute approximate surface area is 140 Å². The van der Waals surface area contributed by atoms with Crippen LogP contribution in [0.3, 0.4) is 0 Å². The predicted octanol–water partition coefficient (Wildman–Crippen LogP) is 2.67. The van der Waals surface area contributed by atoms with Crippen LogP contribution in [0, 0.1) is 0 Å². The van der Waals surface area contributed by atoms with E-state index in [1.807, 2.05) is 19.1 Å². The largest absolute Gasteiger partial charge is 0.497 e. The number of carbonyl (C=O) groups excluding carboxylic acids is 2. The Balaban J connectivity index is 1.91. The lowest BCUT2D eigenvalue weighted by Gasteiger charge is -2.20. The Hall–Kier alpha value is -2.66. The molecule has 0 saturated carbocycles. The average Bonchev–Trinajstić information content (AvgIpc) is 2.85. The summed E-state index contributed by atoms with van der Waals surface area (Å²) in [7, 11) is 1.51. The second-order valence-electron chi connectivity index (χ2n) is 5.88. The standard InChI is InChI=1S/C19H19NO4/c1-3-12-4-6-13(7-5-12)17(21)11-19(23)15-10-14(24-2)8-9-16(15)20-18(19)22/h4-10,23H,3,11H2,1-2H3,(H,20,22). The van der Waals surface area contributed by atoms with Crippen LogP contribution in [-0.4, -0.2) is 23.9 Å². The van der Waals surface area contributed by atoms with Crippen molar-refractivity contribution >= 4 is 17.4 Å². The molecular weight excluding hydrogens is 306 g/mol. The maximum Gasteiger partial charge on any atom is 0.261 e. The summed E-state index contributed by atoms with van der Waals surface area (Å²) < 4.78 is 5.15. The summed E-state index contributed by atoms with van der Waals surface area (Å²) in [6.07, 6.45) is 0.568. The minimum absolute atomic E-state index is 0.286. The molecule has 0 fully saturated rings. The van der Waals surface area contributed by atoms with Gasteiger partial charge >= 0.3 is 0 Å². The first kappa shape index (κ1) is 16.2. The molecule has 124 valence electrons. The Bertz CT molecular complexity index is 798. The van der Waals surface area contributed by atoms with Crippen molar-refractivity contribution in [3.8, 4) is 5.75 Å². The number of fused-ring (bicyclic) bond motifs is 1. The van der Waals surface area contributed by atoms with E-state index >= 15 is 0 Å². The Morgan fingerprint density at radius 1 is 1.21 bits per heavy atom. The SMILES string of the molecule is CCc1ccc(C(=O)CC2(O)C(=O)Nc3ccc(OC)cc32)cc1. The van der Waals surface area contributed by atoms with Gasteiger partial charge in [-0.2, -0.15) is 0 Å². The number of ketones is 1. The van der Waals surface area contributed by atoms with Crippen molar-refractivity contribution < 1.29 is 19.4 Å². The number of ether oxygens (including phenoxy) is 1. The van der Waals surface area contributed by atoms with E-state index in [4.69, 9.17) is 4.74 Å². The number of carbonyl (C=O) groups is 2. The van der Waals surface area contributed by atoms with Gasteiger partial charge in [0, 0.05) is 16.8 Å². The van der Waals surface area contributed by atoms with Crippen molar-refractivity contribution in [2.75, 3.05) is 12.4 Å². The fourth-order valence-corrected chi connectivity index (χ4v) is 2.89. The zero-order valence-corrected chi connectivity index (χ0v) is 13.6. The Morgan fingerprint density at radius 2 is 1.92 bits per heavy atom. The van der Waals surface area contributed by atoms with Crippen molar-refractivity contribution in [3.05, 3.63) is 59.2 Å². The summed E-state index contributed by atoms with van der Waals surface area (Å²) in [4.78, 5) is 24.8. The number of amides is 1. The number of aliphatic hydroxyl groups is 1. The molecule has 0 saturated heterocycles. The summed E-state index contributed by atoms with van der Waals surface area (Å²) in [6.45, 7) is 2.03. The molecule has 1 aliphatic rings. The van der Waals surface area contributed by atoms with E-state index in [9.17, 15) is 14.7 Å².